The van der Waals surface area contributed by atoms with E-state index < -0.39 is 0 Å². The summed E-state index contributed by atoms with van der Waals surface area (Å²) >= 11 is 0. The first-order valence-corrected chi connectivity index (χ1v) is 13.5. The monoisotopic (exact) mass is 490 g/mol. The quantitative estimate of drug-likeness (QED) is 0.446. The van der Waals surface area contributed by atoms with Gasteiger partial charge in [0, 0.05) is 63.1 Å². The molecule has 0 bridgehead atoms. The van der Waals surface area contributed by atoms with Gasteiger partial charge in [-0.05, 0) is 56.1 Å². The molecular weight excluding hydrogens is 452 g/mol. The molecule has 2 fully saturated rings. The number of aromatic nitrogens is 3. The summed E-state index contributed by atoms with van der Waals surface area (Å²) in [6.45, 7) is 11.5. The van der Waals surface area contributed by atoms with Crippen LogP contribution in [0.25, 0.3) is 16.8 Å². The Morgan fingerprint density at radius 2 is 1.78 bits per heavy atom. The molecule has 2 aliphatic rings. The molecule has 2 saturated heterocycles. The summed E-state index contributed by atoms with van der Waals surface area (Å²) in [7, 11) is 0. The van der Waals surface area contributed by atoms with Crippen molar-refractivity contribution in [2.75, 3.05) is 57.3 Å². The van der Waals surface area contributed by atoms with Gasteiger partial charge in [0.1, 0.15) is 11.3 Å². The predicted octanol–water partition coefficient (Wildman–Crippen LogP) is 3.96. The molecule has 0 radical (unpaired) electrons. The van der Waals surface area contributed by atoms with Gasteiger partial charge in [-0.3, -0.25) is 4.79 Å². The third-order valence-electron chi connectivity index (χ3n) is 7.56. The molecule has 2 aromatic heterocycles. The number of benzene rings is 1. The van der Waals surface area contributed by atoms with E-state index in [9.17, 15) is 4.79 Å². The van der Waals surface area contributed by atoms with Crippen LogP contribution in [-0.2, 0) is 4.79 Å². The second-order valence-electron chi connectivity index (χ2n) is 9.86. The lowest BCUT2D eigenvalue weighted by molar-refractivity contribution is -0.137. The van der Waals surface area contributed by atoms with Gasteiger partial charge in [-0.25, -0.2) is 9.50 Å². The molecule has 0 N–H and O–H groups in total. The van der Waals surface area contributed by atoms with Crippen LogP contribution in [0, 0.1) is 5.92 Å². The molecule has 192 valence electrons. The van der Waals surface area contributed by atoms with E-state index in [0.29, 0.717) is 5.91 Å². The van der Waals surface area contributed by atoms with Gasteiger partial charge in [0.15, 0.2) is 5.82 Å². The summed E-state index contributed by atoms with van der Waals surface area (Å²) < 4.78 is 7.71. The number of likely N-dealkylation sites (N-methyl/N-ethyl adjacent to an activating group) is 1. The average molecular weight is 491 g/mol. The number of fused-ring (bicyclic) bond motifs is 1. The van der Waals surface area contributed by atoms with Gasteiger partial charge in [0.25, 0.3) is 0 Å². The summed E-state index contributed by atoms with van der Waals surface area (Å²) in [5.74, 6) is 2.29. The third kappa shape index (κ3) is 5.33. The molecule has 0 atom stereocenters. The van der Waals surface area contributed by atoms with Crippen molar-refractivity contribution in [3.05, 3.63) is 42.7 Å². The van der Waals surface area contributed by atoms with E-state index >= 15 is 0 Å². The standard InChI is InChI=1S/C28H38N6O2/c1-3-5-20-36-24-8-6-22(7-9-24)25-21-26-27(29-12-15-34(26)30-25)32-13-10-23(11-14-32)28(35)33-18-16-31(4-2)17-19-33/h6-9,12,15,21,23H,3-5,10-11,13-14,16-20H2,1-2H3. The number of nitrogens with zero attached hydrogens (tertiary/aromatic N) is 6. The van der Waals surface area contributed by atoms with Gasteiger partial charge in [-0.15, -0.1) is 0 Å². The van der Waals surface area contributed by atoms with Crippen LogP contribution >= 0.6 is 0 Å². The van der Waals surface area contributed by atoms with Crippen molar-refractivity contribution in [3.8, 4) is 17.0 Å². The van der Waals surface area contributed by atoms with Crippen molar-refractivity contribution < 1.29 is 9.53 Å². The van der Waals surface area contributed by atoms with Crippen LogP contribution in [0.2, 0.25) is 0 Å². The summed E-state index contributed by atoms with van der Waals surface area (Å²) in [5.41, 5.74) is 2.97. The molecule has 8 nitrogen and oxygen atoms in total. The molecule has 4 heterocycles. The van der Waals surface area contributed by atoms with Crippen molar-refractivity contribution in [1.29, 1.82) is 0 Å². The van der Waals surface area contributed by atoms with Gasteiger partial charge in [-0.2, -0.15) is 5.10 Å². The number of ether oxygens (including phenoxy) is 1. The molecule has 0 spiro atoms. The summed E-state index contributed by atoms with van der Waals surface area (Å²) in [6, 6.07) is 10.3. The Kier molecular flexibility index (Phi) is 7.70. The number of rotatable bonds is 8. The van der Waals surface area contributed by atoms with E-state index in [1.54, 1.807) is 0 Å². The fourth-order valence-electron chi connectivity index (χ4n) is 5.23. The molecule has 5 rings (SSSR count). The van der Waals surface area contributed by atoms with Crippen molar-refractivity contribution in [2.24, 2.45) is 5.92 Å². The molecule has 0 unspecified atom stereocenters. The van der Waals surface area contributed by atoms with Crippen molar-refractivity contribution >= 4 is 17.2 Å². The highest BCUT2D eigenvalue weighted by Gasteiger charge is 2.31. The number of hydrogen-bond donors (Lipinski definition) is 0. The highest BCUT2D eigenvalue weighted by atomic mass is 16.5. The van der Waals surface area contributed by atoms with Gasteiger partial charge in [0.2, 0.25) is 5.91 Å². The maximum atomic E-state index is 13.1. The van der Waals surface area contributed by atoms with Gasteiger partial charge in [0.05, 0.1) is 12.3 Å². The van der Waals surface area contributed by atoms with E-state index in [1.165, 1.54) is 0 Å². The number of carbonyl (C=O) groups is 1. The van der Waals surface area contributed by atoms with Crippen LogP contribution < -0.4 is 9.64 Å². The Labute approximate surface area is 213 Å². The Morgan fingerprint density at radius 3 is 2.47 bits per heavy atom. The van der Waals surface area contributed by atoms with Gasteiger partial charge in [-0.1, -0.05) is 20.3 Å². The number of hydrogen-bond acceptors (Lipinski definition) is 6. The molecular formula is C28H38N6O2. The lowest BCUT2D eigenvalue weighted by Crippen LogP contribution is -2.51. The van der Waals surface area contributed by atoms with Crippen LogP contribution in [0.15, 0.2) is 42.7 Å². The maximum absolute atomic E-state index is 13.1. The minimum Gasteiger partial charge on any atom is -0.494 e. The zero-order chi connectivity index (χ0) is 24.9. The second kappa shape index (κ2) is 11.3. The fourth-order valence-corrected chi connectivity index (χ4v) is 5.23. The smallest absolute Gasteiger partial charge is 0.225 e. The maximum Gasteiger partial charge on any atom is 0.225 e. The Morgan fingerprint density at radius 1 is 1.03 bits per heavy atom. The Balaban J connectivity index is 1.24. The number of piperazine rings is 1. The largest absolute Gasteiger partial charge is 0.494 e. The van der Waals surface area contributed by atoms with Gasteiger partial charge < -0.3 is 19.4 Å². The minimum atomic E-state index is 0.118. The normalized spacial score (nSPS) is 17.6. The first kappa shape index (κ1) is 24.6. The van der Waals surface area contributed by atoms with Crippen LogP contribution in [0.1, 0.15) is 39.5 Å². The first-order chi connectivity index (χ1) is 17.7. The van der Waals surface area contributed by atoms with E-state index in [4.69, 9.17) is 14.8 Å². The lowest BCUT2D eigenvalue weighted by atomic mass is 9.95. The second-order valence-corrected chi connectivity index (χ2v) is 9.86. The van der Waals surface area contributed by atoms with E-state index in [2.05, 4.69) is 46.7 Å². The first-order valence-electron chi connectivity index (χ1n) is 13.5. The number of unbranched alkanes of at least 4 members (excludes halogenated alkanes) is 1. The number of carbonyl (C=O) groups excluding carboxylic acids is 1. The third-order valence-corrected chi connectivity index (χ3v) is 7.56. The lowest BCUT2D eigenvalue weighted by Gasteiger charge is -2.38. The molecule has 1 aromatic carbocycles. The van der Waals surface area contributed by atoms with E-state index in [1.807, 2.05) is 29.0 Å². The fraction of sp³-hybridized carbons (Fsp3) is 0.536. The van der Waals surface area contributed by atoms with Crippen LogP contribution in [0.5, 0.6) is 5.75 Å². The van der Waals surface area contributed by atoms with E-state index in [-0.39, 0.29) is 5.92 Å². The molecule has 36 heavy (non-hydrogen) atoms. The summed E-state index contributed by atoms with van der Waals surface area (Å²) in [4.78, 5) is 24.6. The minimum absolute atomic E-state index is 0.118. The average Bonchev–Trinajstić information content (AvgIpc) is 3.38. The van der Waals surface area contributed by atoms with Crippen molar-refractivity contribution in [3.63, 3.8) is 0 Å². The molecule has 1 amide bonds. The molecule has 3 aromatic rings. The molecule has 2 aliphatic heterocycles. The van der Waals surface area contributed by atoms with Crippen molar-refractivity contribution in [2.45, 2.75) is 39.5 Å². The van der Waals surface area contributed by atoms with Crippen LogP contribution in [-0.4, -0.2) is 82.7 Å². The number of amides is 1. The summed E-state index contributed by atoms with van der Waals surface area (Å²) in [5, 5.41) is 4.81. The van der Waals surface area contributed by atoms with Crippen LogP contribution in [0.3, 0.4) is 0 Å². The predicted molar refractivity (Wildman–Crippen MR) is 142 cm³/mol. The highest BCUT2D eigenvalue weighted by Crippen LogP contribution is 2.29. The number of anilines is 1. The Bertz CT molecular complexity index is 1140. The molecule has 0 aliphatic carbocycles. The summed E-state index contributed by atoms with van der Waals surface area (Å²) in [6.07, 6.45) is 7.64. The van der Waals surface area contributed by atoms with Crippen molar-refractivity contribution in [1.82, 2.24) is 24.4 Å². The SMILES string of the molecule is CCCCOc1ccc(-c2cc3c(N4CCC(C(=O)N5CCN(CC)CC5)CC4)nccn3n2)cc1. The topological polar surface area (TPSA) is 66.2 Å². The zero-order valence-electron chi connectivity index (χ0n) is 21.6. The van der Waals surface area contributed by atoms with Gasteiger partial charge >= 0.3 is 0 Å². The molecule has 8 heteroatoms. The zero-order valence-corrected chi connectivity index (χ0v) is 21.6. The Hall–Kier alpha value is -3.13. The number of piperidine rings is 1. The highest BCUT2D eigenvalue weighted by molar-refractivity contribution is 5.80. The molecule has 0 saturated carbocycles. The van der Waals surface area contributed by atoms with E-state index in [0.717, 1.165) is 106 Å². The van der Waals surface area contributed by atoms with Crippen LogP contribution in [0.4, 0.5) is 5.82 Å².